The highest BCUT2D eigenvalue weighted by atomic mass is 19.4. The molecule has 0 amide bonds. The standard InChI is InChI=1S/C12H15F3N4O/c1-19-5-4-17-11(19)18-7-9-2-3-16-10(6-9)20-8-12(13,14)15/h2-3,6H,4-5,7-8H2,1H3,(H,17,18). The van der Waals surface area contributed by atoms with Crippen molar-refractivity contribution in [1.29, 1.82) is 0 Å². The Morgan fingerprint density at radius 1 is 1.45 bits per heavy atom. The minimum absolute atomic E-state index is 0.0386. The molecule has 0 atom stereocenters. The predicted octanol–water partition coefficient (Wildman–Crippen LogP) is 1.41. The molecule has 1 aliphatic rings. The van der Waals surface area contributed by atoms with Gasteiger partial charge in [-0.1, -0.05) is 0 Å². The Morgan fingerprint density at radius 3 is 2.90 bits per heavy atom. The van der Waals surface area contributed by atoms with E-state index in [1.54, 1.807) is 6.07 Å². The van der Waals surface area contributed by atoms with Crippen LogP contribution in [0.25, 0.3) is 0 Å². The first-order valence-electron chi connectivity index (χ1n) is 6.08. The molecule has 8 heteroatoms. The first kappa shape index (κ1) is 14.4. The summed E-state index contributed by atoms with van der Waals surface area (Å²) in [6.45, 7) is 0.716. The molecule has 0 radical (unpaired) electrons. The van der Waals surface area contributed by atoms with Crippen LogP contribution in [0.2, 0.25) is 0 Å². The number of ether oxygens (including phenoxy) is 1. The minimum atomic E-state index is -4.36. The topological polar surface area (TPSA) is 49.8 Å². The molecule has 0 bridgehead atoms. The van der Waals surface area contributed by atoms with Crippen LogP contribution in [0, 0.1) is 0 Å². The van der Waals surface area contributed by atoms with Gasteiger partial charge in [0.25, 0.3) is 0 Å². The fraction of sp³-hybridized carbons (Fsp3) is 0.500. The normalized spacial score (nSPS) is 15.2. The third kappa shape index (κ3) is 4.29. The summed E-state index contributed by atoms with van der Waals surface area (Å²) in [5.74, 6) is 0.739. The molecular weight excluding hydrogens is 273 g/mol. The van der Waals surface area contributed by atoms with E-state index in [0.29, 0.717) is 6.54 Å². The fourth-order valence-corrected chi connectivity index (χ4v) is 1.70. The van der Waals surface area contributed by atoms with Gasteiger partial charge < -0.3 is 15.0 Å². The Labute approximate surface area is 114 Å². The van der Waals surface area contributed by atoms with Gasteiger partial charge in [0.1, 0.15) is 0 Å². The van der Waals surface area contributed by atoms with Crippen LogP contribution in [0.3, 0.4) is 0 Å². The molecule has 2 heterocycles. The Balaban J connectivity index is 1.89. The smallest absolute Gasteiger partial charge is 0.422 e. The van der Waals surface area contributed by atoms with Crippen molar-refractivity contribution in [2.24, 2.45) is 4.99 Å². The van der Waals surface area contributed by atoms with Crippen LogP contribution in [0.15, 0.2) is 23.3 Å². The summed E-state index contributed by atoms with van der Waals surface area (Å²) in [5, 5.41) is 3.12. The molecule has 0 aliphatic carbocycles. The number of rotatable bonds is 4. The first-order valence-corrected chi connectivity index (χ1v) is 6.08. The quantitative estimate of drug-likeness (QED) is 0.910. The van der Waals surface area contributed by atoms with E-state index in [9.17, 15) is 13.2 Å². The number of aliphatic imine (C=N–C) groups is 1. The van der Waals surface area contributed by atoms with Crippen LogP contribution >= 0.6 is 0 Å². The molecule has 5 nitrogen and oxygen atoms in total. The van der Waals surface area contributed by atoms with E-state index in [1.807, 2.05) is 11.9 Å². The van der Waals surface area contributed by atoms with Gasteiger partial charge in [-0.05, 0) is 11.6 Å². The SMILES string of the molecule is CN1CCN=C1NCc1ccnc(OCC(F)(F)F)c1. The highest BCUT2D eigenvalue weighted by molar-refractivity contribution is 5.81. The predicted molar refractivity (Wildman–Crippen MR) is 67.6 cm³/mol. The number of hydrogen-bond donors (Lipinski definition) is 1. The summed E-state index contributed by atoms with van der Waals surface area (Å²) >= 11 is 0. The second-order valence-corrected chi connectivity index (χ2v) is 4.39. The second kappa shape index (κ2) is 5.98. The van der Waals surface area contributed by atoms with Gasteiger partial charge >= 0.3 is 6.18 Å². The van der Waals surface area contributed by atoms with E-state index in [4.69, 9.17) is 0 Å². The van der Waals surface area contributed by atoms with Gasteiger partial charge in [-0.2, -0.15) is 13.2 Å². The van der Waals surface area contributed by atoms with Gasteiger partial charge in [0, 0.05) is 32.4 Å². The number of likely N-dealkylation sites (N-methyl/N-ethyl adjacent to an activating group) is 1. The van der Waals surface area contributed by atoms with Crippen molar-refractivity contribution in [3.8, 4) is 5.88 Å². The van der Waals surface area contributed by atoms with E-state index >= 15 is 0 Å². The zero-order chi connectivity index (χ0) is 14.6. The van der Waals surface area contributed by atoms with Crippen molar-refractivity contribution in [3.63, 3.8) is 0 Å². The van der Waals surface area contributed by atoms with Crippen molar-refractivity contribution in [1.82, 2.24) is 15.2 Å². The number of nitrogens with one attached hydrogen (secondary N) is 1. The molecule has 0 aromatic carbocycles. The summed E-state index contributed by atoms with van der Waals surface area (Å²) < 4.78 is 40.8. The average molecular weight is 288 g/mol. The van der Waals surface area contributed by atoms with Crippen molar-refractivity contribution < 1.29 is 17.9 Å². The van der Waals surface area contributed by atoms with E-state index in [1.165, 1.54) is 12.3 Å². The third-order valence-electron chi connectivity index (χ3n) is 2.69. The lowest BCUT2D eigenvalue weighted by Crippen LogP contribution is -2.35. The second-order valence-electron chi connectivity index (χ2n) is 4.39. The fourth-order valence-electron chi connectivity index (χ4n) is 1.70. The van der Waals surface area contributed by atoms with Crippen LogP contribution in [-0.4, -0.2) is 48.8 Å². The van der Waals surface area contributed by atoms with E-state index in [2.05, 4.69) is 20.0 Å². The first-order chi connectivity index (χ1) is 9.44. The van der Waals surface area contributed by atoms with E-state index in [0.717, 1.165) is 24.6 Å². The molecule has 1 aromatic heterocycles. The maximum Gasteiger partial charge on any atom is 0.422 e. The monoisotopic (exact) mass is 288 g/mol. The van der Waals surface area contributed by atoms with Gasteiger partial charge in [-0.25, -0.2) is 4.98 Å². The van der Waals surface area contributed by atoms with Gasteiger partial charge in [0.15, 0.2) is 12.6 Å². The van der Waals surface area contributed by atoms with Crippen molar-refractivity contribution >= 4 is 5.96 Å². The number of pyridine rings is 1. The summed E-state index contributed by atoms with van der Waals surface area (Å²) in [7, 11) is 1.92. The summed E-state index contributed by atoms with van der Waals surface area (Å²) in [6.07, 6.45) is -2.94. The molecule has 0 unspecified atom stereocenters. The molecular formula is C12H15F3N4O. The number of alkyl halides is 3. The van der Waals surface area contributed by atoms with Gasteiger partial charge in [-0.15, -0.1) is 0 Å². The van der Waals surface area contributed by atoms with Gasteiger partial charge in [0.05, 0.1) is 6.54 Å². The van der Waals surface area contributed by atoms with Crippen LogP contribution in [0.1, 0.15) is 5.56 Å². The molecule has 0 spiro atoms. The molecule has 20 heavy (non-hydrogen) atoms. The third-order valence-corrected chi connectivity index (χ3v) is 2.69. The molecule has 1 aromatic rings. The van der Waals surface area contributed by atoms with Crippen molar-refractivity contribution in [3.05, 3.63) is 23.9 Å². The number of hydrogen-bond acceptors (Lipinski definition) is 5. The zero-order valence-electron chi connectivity index (χ0n) is 10.9. The van der Waals surface area contributed by atoms with Crippen LogP contribution in [0.4, 0.5) is 13.2 Å². The molecule has 1 N–H and O–H groups in total. The number of guanidine groups is 1. The number of aromatic nitrogens is 1. The molecule has 0 saturated heterocycles. The Bertz CT molecular complexity index is 490. The Hall–Kier alpha value is -1.99. The molecule has 110 valence electrons. The highest BCUT2D eigenvalue weighted by Crippen LogP contribution is 2.17. The maximum atomic E-state index is 12.1. The van der Waals surface area contributed by atoms with E-state index in [-0.39, 0.29) is 5.88 Å². The molecule has 0 saturated carbocycles. The summed E-state index contributed by atoms with van der Waals surface area (Å²) in [4.78, 5) is 9.98. The molecule has 1 aliphatic heterocycles. The van der Waals surface area contributed by atoms with Crippen LogP contribution < -0.4 is 10.1 Å². The van der Waals surface area contributed by atoms with Crippen LogP contribution in [0.5, 0.6) is 5.88 Å². The summed E-state index contributed by atoms with van der Waals surface area (Å²) in [6, 6.07) is 3.19. The highest BCUT2D eigenvalue weighted by Gasteiger charge is 2.28. The Morgan fingerprint density at radius 2 is 2.25 bits per heavy atom. The molecule has 0 fully saturated rings. The van der Waals surface area contributed by atoms with E-state index < -0.39 is 12.8 Å². The Kier molecular flexibility index (Phi) is 4.31. The zero-order valence-corrected chi connectivity index (χ0v) is 10.9. The maximum absolute atomic E-state index is 12.1. The van der Waals surface area contributed by atoms with Gasteiger partial charge in [-0.3, -0.25) is 4.99 Å². The van der Waals surface area contributed by atoms with Crippen molar-refractivity contribution in [2.45, 2.75) is 12.7 Å². The largest absolute Gasteiger partial charge is 0.468 e. The number of halogens is 3. The van der Waals surface area contributed by atoms with Crippen LogP contribution in [-0.2, 0) is 6.54 Å². The molecule has 2 rings (SSSR count). The lowest BCUT2D eigenvalue weighted by molar-refractivity contribution is -0.154. The van der Waals surface area contributed by atoms with Crippen molar-refractivity contribution in [2.75, 3.05) is 26.7 Å². The average Bonchev–Trinajstić information content (AvgIpc) is 2.79. The summed E-state index contributed by atoms with van der Waals surface area (Å²) in [5.41, 5.74) is 0.778. The number of nitrogens with zero attached hydrogens (tertiary/aromatic N) is 3. The lowest BCUT2D eigenvalue weighted by atomic mass is 10.2. The lowest BCUT2D eigenvalue weighted by Gasteiger charge is -2.15. The minimum Gasteiger partial charge on any atom is -0.468 e. The van der Waals surface area contributed by atoms with Gasteiger partial charge in [0.2, 0.25) is 5.88 Å².